The van der Waals surface area contributed by atoms with Gasteiger partial charge < -0.3 is 4.55 Å². The highest BCUT2D eigenvalue weighted by molar-refractivity contribution is 7.91. The topological polar surface area (TPSA) is 35.4 Å². The molecule has 0 aliphatic carbocycles. The van der Waals surface area contributed by atoms with Crippen LogP contribution in [-0.2, 0) is 11.4 Å². The number of nitrogens with zero attached hydrogens (tertiary/aromatic N) is 1. The summed E-state index contributed by atoms with van der Waals surface area (Å²) < 4.78 is 16.1. The third kappa shape index (κ3) is 3.17. The molecule has 0 amide bonds. The lowest BCUT2D eigenvalue weighted by Gasteiger charge is -2.19. The maximum atomic E-state index is 12.1. The lowest BCUT2D eigenvalue weighted by molar-refractivity contribution is 0.561. The molecule has 19 heavy (non-hydrogen) atoms. The monoisotopic (exact) mass is 273 g/mol. The fraction of sp³-hybridized carbons (Fsp3) is 0.312. The van der Waals surface area contributed by atoms with Crippen LogP contribution in [0.25, 0.3) is 10.8 Å². The molecule has 0 saturated carbocycles. The minimum absolute atomic E-state index is 0.328. The van der Waals surface area contributed by atoms with Gasteiger partial charge in [-0.2, -0.15) is 0 Å². The Morgan fingerprint density at radius 1 is 1.05 bits per heavy atom. The quantitative estimate of drug-likeness (QED) is 0.599. The first-order chi connectivity index (χ1) is 8.89. The van der Waals surface area contributed by atoms with Crippen LogP contribution in [-0.4, -0.2) is 15.0 Å². The first-order valence-electron chi connectivity index (χ1n) is 6.35. The predicted octanol–water partition coefficient (Wildman–Crippen LogP) is 4.11. The molecule has 2 nitrogen and oxygen atoms in total. The zero-order valence-electron chi connectivity index (χ0n) is 11.8. The number of fused-ring (bicyclic) bond motifs is 1. The molecule has 0 unspecified atom stereocenters. The van der Waals surface area contributed by atoms with Crippen LogP contribution in [0.1, 0.15) is 33.3 Å². The molecule has 0 N–H and O–H groups in total. The van der Waals surface area contributed by atoms with E-state index < -0.39 is 11.4 Å². The number of hydrogen-bond acceptors (Lipinski definition) is 2. The van der Waals surface area contributed by atoms with E-state index in [9.17, 15) is 4.55 Å². The molecule has 2 aromatic carbocycles. The summed E-state index contributed by atoms with van der Waals surface area (Å²) in [6, 6.07) is 14.3. The molecule has 0 spiro atoms. The summed E-state index contributed by atoms with van der Waals surface area (Å²) in [4.78, 5) is 0. The van der Waals surface area contributed by atoms with Crippen LogP contribution in [0.2, 0.25) is 0 Å². The Morgan fingerprint density at radius 2 is 1.68 bits per heavy atom. The Morgan fingerprint density at radius 3 is 2.37 bits per heavy atom. The minimum atomic E-state index is -1.22. The first kappa shape index (κ1) is 14.1. The molecular formula is C16H19NOS. The van der Waals surface area contributed by atoms with Crippen molar-refractivity contribution in [2.45, 2.75) is 32.4 Å². The lowest BCUT2D eigenvalue weighted by atomic mass is 10.0. The fourth-order valence-corrected chi connectivity index (χ4v) is 2.47. The minimum Gasteiger partial charge on any atom is -0.591 e. The van der Waals surface area contributed by atoms with Crippen LogP contribution in [0.4, 0.5) is 0 Å². The van der Waals surface area contributed by atoms with Gasteiger partial charge in [0, 0.05) is 5.56 Å². The van der Waals surface area contributed by atoms with Crippen molar-refractivity contribution in [3.05, 3.63) is 48.0 Å². The Bertz CT molecular complexity index is 608. The smallest absolute Gasteiger partial charge is 0.144 e. The summed E-state index contributed by atoms with van der Waals surface area (Å²) in [5, 5.41) is 2.33. The molecule has 0 heterocycles. The normalized spacial score (nSPS) is 14.7. The summed E-state index contributed by atoms with van der Waals surface area (Å²) in [5.74, 6) is 0. The van der Waals surface area contributed by atoms with E-state index in [4.69, 9.17) is 0 Å². The van der Waals surface area contributed by atoms with Gasteiger partial charge in [-0.05, 0) is 38.5 Å². The van der Waals surface area contributed by atoms with E-state index in [0.29, 0.717) is 0 Å². The highest BCUT2D eigenvalue weighted by Crippen LogP contribution is 2.22. The first-order valence-corrected chi connectivity index (χ1v) is 7.46. The molecule has 100 valence electrons. The van der Waals surface area contributed by atoms with Crippen molar-refractivity contribution in [1.82, 2.24) is 0 Å². The molecule has 2 rings (SSSR count). The Kier molecular flexibility index (Phi) is 3.97. The fourth-order valence-electron chi connectivity index (χ4n) is 1.85. The molecule has 1 atom stereocenters. The second-order valence-corrected chi connectivity index (χ2v) is 7.47. The van der Waals surface area contributed by atoms with Gasteiger partial charge in [0.2, 0.25) is 0 Å². The molecule has 0 bridgehead atoms. The van der Waals surface area contributed by atoms with Crippen molar-refractivity contribution < 1.29 is 4.55 Å². The van der Waals surface area contributed by atoms with E-state index in [-0.39, 0.29) is 4.75 Å². The van der Waals surface area contributed by atoms with Gasteiger partial charge in [-0.25, -0.2) is 0 Å². The maximum Gasteiger partial charge on any atom is 0.144 e. The van der Waals surface area contributed by atoms with E-state index in [1.54, 1.807) is 0 Å². The van der Waals surface area contributed by atoms with Crippen molar-refractivity contribution >= 4 is 27.8 Å². The molecular weight excluding hydrogens is 254 g/mol. The maximum absolute atomic E-state index is 12.1. The van der Waals surface area contributed by atoms with Crippen LogP contribution in [0.15, 0.2) is 46.9 Å². The van der Waals surface area contributed by atoms with E-state index >= 15 is 0 Å². The van der Waals surface area contributed by atoms with Crippen LogP contribution in [0.3, 0.4) is 0 Å². The summed E-state index contributed by atoms with van der Waals surface area (Å²) >= 11 is -1.22. The summed E-state index contributed by atoms with van der Waals surface area (Å²) in [6.45, 7) is 7.72. The van der Waals surface area contributed by atoms with Gasteiger partial charge in [-0.1, -0.05) is 46.9 Å². The number of benzene rings is 2. The zero-order chi connectivity index (χ0) is 14.0. The predicted molar refractivity (Wildman–Crippen MR) is 84.1 cm³/mol. The summed E-state index contributed by atoms with van der Waals surface area (Å²) in [5.41, 5.74) is 1.88. The summed E-state index contributed by atoms with van der Waals surface area (Å²) in [7, 11) is 0. The van der Waals surface area contributed by atoms with Gasteiger partial charge in [-0.3, -0.25) is 0 Å². The van der Waals surface area contributed by atoms with Gasteiger partial charge in [0.05, 0.1) is 5.71 Å². The van der Waals surface area contributed by atoms with Crippen LogP contribution in [0, 0.1) is 0 Å². The average molecular weight is 273 g/mol. The van der Waals surface area contributed by atoms with Crippen molar-refractivity contribution in [3.8, 4) is 0 Å². The van der Waals surface area contributed by atoms with E-state index in [1.807, 2.05) is 52.0 Å². The van der Waals surface area contributed by atoms with Crippen molar-refractivity contribution in [3.63, 3.8) is 0 Å². The Labute approximate surface area is 117 Å². The standard InChI is InChI=1S/C16H19NOS/c1-12(17-19(18)16(2,3)4)14-11-7-9-13-8-5-6-10-15(13)14/h5-11H,1-4H3/b17-12+/t19-/m0/s1. The third-order valence-electron chi connectivity index (χ3n) is 2.92. The van der Waals surface area contributed by atoms with Crippen LogP contribution < -0.4 is 0 Å². The van der Waals surface area contributed by atoms with Gasteiger partial charge in [-0.15, -0.1) is 0 Å². The van der Waals surface area contributed by atoms with Gasteiger partial charge in [0.15, 0.2) is 0 Å². The molecule has 0 aromatic heterocycles. The third-order valence-corrected chi connectivity index (χ3v) is 4.41. The molecule has 0 aliphatic rings. The summed E-state index contributed by atoms with van der Waals surface area (Å²) in [6.07, 6.45) is 0. The second-order valence-electron chi connectivity index (χ2n) is 5.56. The van der Waals surface area contributed by atoms with E-state index in [1.165, 1.54) is 5.39 Å². The lowest BCUT2D eigenvalue weighted by Crippen LogP contribution is -2.26. The average Bonchev–Trinajstić information content (AvgIpc) is 2.36. The van der Waals surface area contributed by atoms with Gasteiger partial charge in [0.25, 0.3) is 0 Å². The second kappa shape index (κ2) is 5.35. The highest BCUT2D eigenvalue weighted by atomic mass is 32.2. The highest BCUT2D eigenvalue weighted by Gasteiger charge is 2.26. The molecule has 0 aliphatic heterocycles. The van der Waals surface area contributed by atoms with Crippen molar-refractivity contribution in [2.24, 2.45) is 4.40 Å². The van der Waals surface area contributed by atoms with E-state index in [0.717, 1.165) is 16.7 Å². The van der Waals surface area contributed by atoms with Gasteiger partial charge in [0.1, 0.15) is 16.1 Å². The largest absolute Gasteiger partial charge is 0.591 e. The van der Waals surface area contributed by atoms with Crippen molar-refractivity contribution in [2.75, 3.05) is 0 Å². The van der Waals surface area contributed by atoms with E-state index in [2.05, 4.69) is 22.6 Å². The Hall–Kier alpha value is -1.32. The number of rotatable bonds is 2. The SMILES string of the molecule is C/C(=N\[S@@+]([O-])C(C)(C)C)c1cccc2ccccc12. The number of hydrogen-bond donors (Lipinski definition) is 0. The van der Waals surface area contributed by atoms with Crippen LogP contribution >= 0.6 is 0 Å². The van der Waals surface area contributed by atoms with Gasteiger partial charge >= 0.3 is 0 Å². The van der Waals surface area contributed by atoms with Crippen LogP contribution in [0.5, 0.6) is 0 Å². The molecule has 2 aromatic rings. The molecule has 0 radical (unpaired) electrons. The Balaban J connectivity index is 2.47. The molecule has 0 saturated heterocycles. The molecule has 0 fully saturated rings. The zero-order valence-corrected chi connectivity index (χ0v) is 12.6. The van der Waals surface area contributed by atoms with Crippen molar-refractivity contribution in [1.29, 1.82) is 0 Å². The molecule has 3 heteroatoms.